The highest BCUT2D eigenvalue weighted by Crippen LogP contribution is 2.29. The summed E-state index contributed by atoms with van der Waals surface area (Å²) >= 11 is 0. The summed E-state index contributed by atoms with van der Waals surface area (Å²) < 4.78 is 6.50. The van der Waals surface area contributed by atoms with Gasteiger partial charge < -0.3 is 13.9 Å². The fourth-order valence-corrected chi connectivity index (χ4v) is 8.87. The monoisotopic (exact) mass is 342 g/mol. The van der Waals surface area contributed by atoms with Crippen LogP contribution in [0.15, 0.2) is 78.8 Å². The molecule has 1 aliphatic heterocycles. The summed E-state index contributed by atoms with van der Waals surface area (Å²) in [5.74, 6) is 1.11. The van der Waals surface area contributed by atoms with Crippen molar-refractivity contribution in [1.29, 1.82) is 0 Å². The zero-order chi connectivity index (χ0) is 17.1. The molecule has 1 atom stereocenters. The van der Waals surface area contributed by atoms with Crippen molar-refractivity contribution in [1.82, 2.24) is 4.90 Å². The molecule has 0 fully saturated rings. The first kappa shape index (κ1) is 17.5. The maximum absolute atomic E-state index is 6.50. The Labute approximate surface area is 142 Å². The number of anilines is 1. The van der Waals surface area contributed by atoms with Gasteiger partial charge in [0.25, 0.3) is 0 Å². The summed E-state index contributed by atoms with van der Waals surface area (Å²) in [5, 5.41) is 0. The van der Waals surface area contributed by atoms with Crippen molar-refractivity contribution in [2.24, 2.45) is 0 Å². The Balaban J connectivity index is 2.37. The summed E-state index contributed by atoms with van der Waals surface area (Å²) in [5.41, 5.74) is 7.37. The van der Waals surface area contributed by atoms with E-state index in [0.717, 1.165) is 11.5 Å². The number of hydrogen-bond acceptors (Lipinski definition) is 3. The minimum absolute atomic E-state index is 1.11. The summed E-state index contributed by atoms with van der Waals surface area (Å²) in [7, 11) is -2.01. The lowest BCUT2D eigenvalue weighted by atomic mass is 10.3. The van der Waals surface area contributed by atoms with Crippen LogP contribution in [0.4, 0.5) is 5.69 Å². The Morgan fingerprint density at radius 1 is 1.00 bits per heavy atom. The molecule has 23 heavy (non-hydrogen) atoms. The molecular weight excluding hydrogens is 316 g/mol. The molecular formula is C18H26N2OSi2. The fourth-order valence-electron chi connectivity index (χ4n) is 2.46. The van der Waals surface area contributed by atoms with Gasteiger partial charge in [-0.25, -0.2) is 0 Å². The zero-order valence-corrected chi connectivity index (χ0v) is 16.5. The first-order valence-corrected chi connectivity index (χ1v) is 13.3. The van der Waals surface area contributed by atoms with Crippen LogP contribution in [0.25, 0.3) is 0 Å². The molecule has 122 valence electrons. The number of benzene rings is 1. The van der Waals surface area contributed by atoms with E-state index in [4.69, 9.17) is 4.12 Å². The minimum atomic E-state index is -2.19. The van der Waals surface area contributed by atoms with Gasteiger partial charge in [-0.15, -0.1) is 13.2 Å². The van der Waals surface area contributed by atoms with Crippen molar-refractivity contribution in [2.75, 3.05) is 11.9 Å². The van der Waals surface area contributed by atoms with Crippen LogP contribution in [0, 0.1) is 0 Å². The third-order valence-electron chi connectivity index (χ3n) is 3.88. The summed E-state index contributed by atoms with van der Waals surface area (Å²) in [6.45, 7) is 14.5. The second-order valence-electron chi connectivity index (χ2n) is 6.41. The molecule has 0 radical (unpaired) electrons. The Morgan fingerprint density at radius 3 is 2.22 bits per heavy atom. The van der Waals surface area contributed by atoms with Gasteiger partial charge in [-0.05, 0) is 37.5 Å². The van der Waals surface area contributed by atoms with E-state index in [1.54, 1.807) is 0 Å². The molecule has 0 N–H and O–H groups in total. The number of rotatable bonds is 6. The van der Waals surface area contributed by atoms with Crippen LogP contribution in [-0.2, 0) is 4.12 Å². The quantitative estimate of drug-likeness (QED) is 0.706. The standard InChI is InChI=1S/C18H26N2OSi2/c1-7-22(4,5)21-23(6,8-2)16-18-19(3)14-15-20(18)17-12-10-9-11-13-17/h7-16H,1-2H2,3-6H3. The lowest BCUT2D eigenvalue weighted by molar-refractivity contribution is 0.562. The summed E-state index contributed by atoms with van der Waals surface area (Å²) in [6.07, 6.45) is 4.14. The van der Waals surface area contributed by atoms with Gasteiger partial charge in [0.15, 0.2) is 8.32 Å². The van der Waals surface area contributed by atoms with Crippen LogP contribution in [0.2, 0.25) is 19.6 Å². The summed E-state index contributed by atoms with van der Waals surface area (Å²) in [6, 6.07) is 10.3. The van der Waals surface area contributed by atoms with Crippen LogP contribution in [0.3, 0.4) is 0 Å². The maximum Gasteiger partial charge on any atom is 0.230 e. The third kappa shape index (κ3) is 4.13. The normalized spacial score (nSPS) is 19.0. The van der Waals surface area contributed by atoms with Gasteiger partial charge in [0.2, 0.25) is 8.32 Å². The second-order valence-corrected chi connectivity index (χ2v) is 13.9. The Hall–Kier alpha value is -1.83. The predicted octanol–water partition coefficient (Wildman–Crippen LogP) is 4.54. The third-order valence-corrected chi connectivity index (χ3v) is 10.4. The van der Waals surface area contributed by atoms with Crippen LogP contribution in [0.5, 0.6) is 0 Å². The highest BCUT2D eigenvalue weighted by atomic mass is 28.4. The van der Waals surface area contributed by atoms with Crippen LogP contribution in [-0.4, -0.2) is 28.6 Å². The van der Waals surface area contributed by atoms with Gasteiger partial charge in [-0.1, -0.05) is 29.6 Å². The largest absolute Gasteiger partial charge is 0.446 e. The van der Waals surface area contributed by atoms with Gasteiger partial charge in [-0.2, -0.15) is 0 Å². The molecule has 3 nitrogen and oxygen atoms in total. The van der Waals surface area contributed by atoms with Crippen LogP contribution in [0.1, 0.15) is 0 Å². The van der Waals surface area contributed by atoms with E-state index in [1.807, 2.05) is 29.6 Å². The van der Waals surface area contributed by atoms with E-state index in [0.29, 0.717) is 0 Å². The van der Waals surface area contributed by atoms with Gasteiger partial charge in [0.1, 0.15) is 5.82 Å². The molecule has 0 amide bonds. The average molecular weight is 343 g/mol. The first-order chi connectivity index (χ1) is 10.8. The van der Waals surface area contributed by atoms with E-state index in [2.05, 4.69) is 79.9 Å². The molecule has 0 aliphatic carbocycles. The molecule has 1 unspecified atom stereocenters. The molecule has 5 heteroatoms. The SMILES string of the molecule is C=C[Si](C)(C)O[Si](C)(C=C)C=C1N(C)C=CN1c1ccccc1. The molecule has 1 heterocycles. The minimum Gasteiger partial charge on any atom is -0.446 e. The van der Waals surface area contributed by atoms with Crippen LogP contribution >= 0.6 is 0 Å². The van der Waals surface area contributed by atoms with E-state index in [1.165, 1.54) is 0 Å². The zero-order valence-electron chi connectivity index (χ0n) is 14.5. The van der Waals surface area contributed by atoms with E-state index in [9.17, 15) is 0 Å². The van der Waals surface area contributed by atoms with E-state index < -0.39 is 16.6 Å². The fraction of sp³-hybridized carbons (Fsp3) is 0.222. The van der Waals surface area contributed by atoms with Gasteiger partial charge in [-0.3, -0.25) is 0 Å². The number of para-hydroxylation sites is 1. The maximum atomic E-state index is 6.50. The molecule has 1 aromatic carbocycles. The van der Waals surface area contributed by atoms with Crippen LogP contribution < -0.4 is 4.90 Å². The van der Waals surface area contributed by atoms with Crippen molar-refractivity contribution in [3.63, 3.8) is 0 Å². The van der Waals surface area contributed by atoms with Crippen molar-refractivity contribution < 1.29 is 4.12 Å². The van der Waals surface area contributed by atoms with E-state index in [-0.39, 0.29) is 0 Å². The molecule has 0 spiro atoms. The smallest absolute Gasteiger partial charge is 0.230 e. The van der Waals surface area contributed by atoms with Crippen molar-refractivity contribution in [3.05, 3.63) is 78.8 Å². The van der Waals surface area contributed by atoms with E-state index >= 15 is 0 Å². The predicted molar refractivity (Wildman–Crippen MR) is 104 cm³/mol. The lowest BCUT2D eigenvalue weighted by Crippen LogP contribution is -2.44. The first-order valence-electron chi connectivity index (χ1n) is 7.76. The van der Waals surface area contributed by atoms with Crippen molar-refractivity contribution >= 4 is 22.3 Å². The topological polar surface area (TPSA) is 15.7 Å². The average Bonchev–Trinajstić information content (AvgIpc) is 2.88. The van der Waals surface area contributed by atoms with Gasteiger partial charge in [0.05, 0.1) is 0 Å². The second kappa shape index (κ2) is 6.74. The molecule has 1 aromatic rings. The molecule has 1 aliphatic rings. The molecule has 0 bridgehead atoms. The Bertz CT molecular complexity index is 640. The van der Waals surface area contributed by atoms with Crippen molar-refractivity contribution in [3.8, 4) is 0 Å². The number of nitrogens with zero attached hydrogens (tertiary/aromatic N) is 2. The Kier molecular flexibility index (Phi) is 5.14. The highest BCUT2D eigenvalue weighted by molar-refractivity contribution is 6.92. The molecule has 0 saturated carbocycles. The molecule has 0 saturated heterocycles. The lowest BCUT2D eigenvalue weighted by Gasteiger charge is -2.32. The van der Waals surface area contributed by atoms with Gasteiger partial charge >= 0.3 is 0 Å². The molecule has 0 aromatic heterocycles. The van der Waals surface area contributed by atoms with Crippen molar-refractivity contribution in [2.45, 2.75) is 19.6 Å². The highest BCUT2D eigenvalue weighted by Gasteiger charge is 2.33. The molecule has 2 rings (SSSR count). The summed E-state index contributed by atoms with van der Waals surface area (Å²) in [4.78, 5) is 4.30. The van der Waals surface area contributed by atoms with Gasteiger partial charge in [0, 0.05) is 25.1 Å². The number of hydrogen-bond donors (Lipinski definition) is 0. The Morgan fingerprint density at radius 2 is 1.65 bits per heavy atom.